The molecule has 33 heavy (non-hydrogen) atoms. The lowest BCUT2D eigenvalue weighted by molar-refractivity contribution is -0.137. The molecule has 0 bridgehead atoms. The van der Waals surface area contributed by atoms with E-state index < -0.39 is 29.7 Å². The van der Waals surface area contributed by atoms with Gasteiger partial charge in [0.05, 0.1) is 32.8 Å². The number of benzene rings is 1. The summed E-state index contributed by atoms with van der Waals surface area (Å²) in [6.45, 7) is 2.96. The minimum absolute atomic E-state index is 0.0705. The number of pyridine rings is 1. The highest BCUT2D eigenvalue weighted by atomic mass is 32.1. The van der Waals surface area contributed by atoms with E-state index in [9.17, 15) is 22.8 Å². The van der Waals surface area contributed by atoms with Crippen LogP contribution in [-0.4, -0.2) is 28.1 Å². The van der Waals surface area contributed by atoms with Gasteiger partial charge in [-0.15, -0.1) is 11.3 Å². The normalized spacial score (nSPS) is 12.5. The first-order chi connectivity index (χ1) is 15.6. The van der Waals surface area contributed by atoms with Crippen molar-refractivity contribution < 1.29 is 32.0 Å². The van der Waals surface area contributed by atoms with E-state index in [-0.39, 0.29) is 17.0 Å². The highest BCUT2D eigenvalue weighted by Crippen LogP contribution is 2.31. The number of fused-ring (bicyclic) bond motifs is 1. The molecule has 3 heterocycles. The highest BCUT2D eigenvalue weighted by molar-refractivity contribution is 7.13. The van der Waals surface area contributed by atoms with Gasteiger partial charge >= 0.3 is 12.1 Å². The Hall–Kier alpha value is -3.73. The van der Waals surface area contributed by atoms with Crippen LogP contribution in [0.5, 0.6) is 0 Å². The van der Waals surface area contributed by atoms with Crippen molar-refractivity contribution in [2.24, 2.45) is 0 Å². The maximum atomic E-state index is 12.9. The van der Waals surface area contributed by atoms with Gasteiger partial charge in [-0.25, -0.2) is 9.78 Å². The van der Waals surface area contributed by atoms with Gasteiger partial charge in [-0.05, 0) is 49.6 Å². The molecule has 0 spiro atoms. The molecule has 0 radical (unpaired) electrons. The van der Waals surface area contributed by atoms with Crippen molar-refractivity contribution in [2.75, 3.05) is 5.32 Å². The molecule has 0 aliphatic carbocycles. The van der Waals surface area contributed by atoms with E-state index in [1.54, 1.807) is 6.92 Å². The van der Waals surface area contributed by atoms with Gasteiger partial charge < -0.3 is 14.6 Å². The van der Waals surface area contributed by atoms with Crippen molar-refractivity contribution in [3.8, 4) is 10.6 Å². The first kappa shape index (κ1) is 22.5. The Morgan fingerprint density at radius 3 is 2.67 bits per heavy atom. The number of anilines is 1. The van der Waals surface area contributed by atoms with Crippen LogP contribution in [0.25, 0.3) is 21.7 Å². The summed E-state index contributed by atoms with van der Waals surface area (Å²) in [5, 5.41) is 8.38. The number of hydrogen-bond donors (Lipinski definition) is 1. The molecule has 4 aromatic rings. The van der Waals surface area contributed by atoms with E-state index in [2.05, 4.69) is 15.5 Å². The second-order valence-electron chi connectivity index (χ2n) is 7.10. The first-order valence-electron chi connectivity index (χ1n) is 9.63. The Labute approximate surface area is 189 Å². The van der Waals surface area contributed by atoms with Gasteiger partial charge in [0.1, 0.15) is 0 Å². The van der Waals surface area contributed by atoms with Crippen LogP contribution in [0.2, 0.25) is 0 Å². The molecule has 1 amide bonds. The quantitative estimate of drug-likeness (QED) is 0.385. The van der Waals surface area contributed by atoms with Crippen LogP contribution >= 0.6 is 11.3 Å². The molecular weight excluding hydrogens is 459 g/mol. The summed E-state index contributed by atoms with van der Waals surface area (Å²) < 4.78 is 49.2. The predicted molar refractivity (Wildman–Crippen MR) is 115 cm³/mol. The zero-order valence-electron chi connectivity index (χ0n) is 17.3. The molecule has 11 heteroatoms. The standard InChI is InChI=1S/C22H16F3N3O4S/c1-11-18-15(10-16(17-7-4-8-33-17)27-20(18)32-28-11)21(30)31-12(2)19(29)26-14-6-3-5-13(9-14)22(23,24)25/h3-10,12H,1-2H3,(H,26,29). The van der Waals surface area contributed by atoms with E-state index in [1.807, 2.05) is 17.5 Å². The number of aromatic nitrogens is 2. The molecule has 0 fully saturated rings. The zero-order chi connectivity index (χ0) is 23.8. The smallest absolute Gasteiger partial charge is 0.416 e. The number of carbonyl (C=O) groups is 2. The highest BCUT2D eigenvalue weighted by Gasteiger charge is 2.31. The molecule has 3 aromatic heterocycles. The van der Waals surface area contributed by atoms with Gasteiger partial charge in [-0.1, -0.05) is 17.3 Å². The molecule has 4 rings (SSSR count). The number of esters is 1. The van der Waals surface area contributed by atoms with Crippen LogP contribution in [-0.2, 0) is 15.7 Å². The summed E-state index contributed by atoms with van der Waals surface area (Å²) in [7, 11) is 0. The van der Waals surface area contributed by atoms with E-state index in [0.29, 0.717) is 16.8 Å². The van der Waals surface area contributed by atoms with Gasteiger partial charge in [-0.2, -0.15) is 13.2 Å². The number of alkyl halides is 3. The van der Waals surface area contributed by atoms with Gasteiger partial charge in [-0.3, -0.25) is 4.79 Å². The van der Waals surface area contributed by atoms with Crippen molar-refractivity contribution >= 4 is 40.0 Å². The van der Waals surface area contributed by atoms with Crippen LogP contribution < -0.4 is 5.32 Å². The molecule has 0 aliphatic rings. The van der Waals surface area contributed by atoms with Crippen LogP contribution in [0.3, 0.4) is 0 Å². The lowest BCUT2D eigenvalue weighted by atomic mass is 10.1. The van der Waals surface area contributed by atoms with Gasteiger partial charge in [0.15, 0.2) is 6.10 Å². The number of nitrogens with zero attached hydrogens (tertiary/aromatic N) is 2. The Bertz CT molecular complexity index is 1330. The van der Waals surface area contributed by atoms with Crippen LogP contribution in [0, 0.1) is 6.92 Å². The summed E-state index contributed by atoms with van der Waals surface area (Å²) in [6, 6.07) is 9.34. The third-order valence-electron chi connectivity index (χ3n) is 4.72. The summed E-state index contributed by atoms with van der Waals surface area (Å²) in [5.41, 5.74) is 0.171. The predicted octanol–water partition coefficient (Wildman–Crippen LogP) is 5.46. The average molecular weight is 475 g/mol. The van der Waals surface area contributed by atoms with E-state index in [0.717, 1.165) is 17.0 Å². The third-order valence-corrected chi connectivity index (χ3v) is 5.61. The summed E-state index contributed by atoms with van der Waals surface area (Å²) in [5.74, 6) is -1.60. The molecule has 1 atom stereocenters. The number of halogens is 3. The number of carbonyl (C=O) groups excluding carboxylic acids is 2. The fraction of sp³-hybridized carbons (Fsp3) is 0.182. The number of thiophene rings is 1. The van der Waals surface area contributed by atoms with E-state index in [4.69, 9.17) is 9.26 Å². The zero-order valence-corrected chi connectivity index (χ0v) is 18.1. The topological polar surface area (TPSA) is 94.3 Å². The molecule has 0 saturated carbocycles. The Morgan fingerprint density at radius 1 is 1.18 bits per heavy atom. The molecule has 1 unspecified atom stereocenters. The lowest BCUT2D eigenvalue weighted by Gasteiger charge is -2.15. The van der Waals surface area contributed by atoms with Crippen molar-refractivity contribution in [2.45, 2.75) is 26.1 Å². The number of amides is 1. The fourth-order valence-electron chi connectivity index (χ4n) is 3.10. The molecule has 170 valence electrons. The Morgan fingerprint density at radius 2 is 1.97 bits per heavy atom. The summed E-state index contributed by atoms with van der Waals surface area (Å²) in [6.07, 6.45) is -5.84. The minimum atomic E-state index is -4.55. The second kappa shape index (κ2) is 8.66. The summed E-state index contributed by atoms with van der Waals surface area (Å²) in [4.78, 5) is 30.6. The van der Waals surface area contributed by atoms with Crippen LogP contribution in [0.4, 0.5) is 18.9 Å². The van der Waals surface area contributed by atoms with Crippen LogP contribution in [0.1, 0.15) is 28.5 Å². The molecule has 0 aliphatic heterocycles. The van der Waals surface area contributed by atoms with E-state index >= 15 is 0 Å². The monoisotopic (exact) mass is 475 g/mol. The lowest BCUT2D eigenvalue weighted by Crippen LogP contribution is -2.30. The van der Waals surface area contributed by atoms with Crippen LogP contribution in [0.15, 0.2) is 52.4 Å². The van der Waals surface area contributed by atoms with E-state index in [1.165, 1.54) is 36.5 Å². The molecule has 0 saturated heterocycles. The van der Waals surface area contributed by atoms with Crippen molar-refractivity contribution in [3.63, 3.8) is 0 Å². The molecule has 1 N–H and O–H groups in total. The average Bonchev–Trinajstić information content (AvgIpc) is 3.43. The second-order valence-corrected chi connectivity index (χ2v) is 8.04. The number of hydrogen-bond acceptors (Lipinski definition) is 7. The third kappa shape index (κ3) is 4.72. The summed E-state index contributed by atoms with van der Waals surface area (Å²) >= 11 is 1.41. The SMILES string of the molecule is Cc1noc2nc(-c3cccs3)cc(C(=O)OC(C)C(=O)Nc3cccc(C(F)(F)F)c3)c12. The maximum Gasteiger partial charge on any atom is 0.416 e. The molecule has 7 nitrogen and oxygen atoms in total. The van der Waals surface area contributed by atoms with Crippen molar-refractivity contribution in [3.05, 3.63) is 64.7 Å². The minimum Gasteiger partial charge on any atom is -0.449 e. The van der Waals surface area contributed by atoms with Crippen molar-refractivity contribution in [1.82, 2.24) is 10.1 Å². The van der Waals surface area contributed by atoms with Gasteiger partial charge in [0.2, 0.25) is 0 Å². The number of rotatable bonds is 5. The molecule has 1 aromatic carbocycles. The largest absolute Gasteiger partial charge is 0.449 e. The Kier molecular flexibility index (Phi) is 5.90. The van der Waals surface area contributed by atoms with Gasteiger partial charge in [0.25, 0.3) is 11.6 Å². The van der Waals surface area contributed by atoms with Crippen molar-refractivity contribution in [1.29, 1.82) is 0 Å². The number of aryl methyl sites for hydroxylation is 1. The van der Waals surface area contributed by atoms with Gasteiger partial charge in [0, 0.05) is 5.69 Å². The first-order valence-corrected chi connectivity index (χ1v) is 10.5. The maximum absolute atomic E-state index is 12.9. The molecular formula is C22H16F3N3O4S. The Balaban J connectivity index is 1.56. The fourth-order valence-corrected chi connectivity index (χ4v) is 3.79. The number of ether oxygens (including phenoxy) is 1. The number of nitrogens with one attached hydrogen (secondary N) is 1.